The van der Waals surface area contributed by atoms with Crippen molar-refractivity contribution in [2.45, 2.75) is 64.3 Å². The van der Waals surface area contributed by atoms with Crippen LogP contribution in [-0.2, 0) is 13.5 Å². The first-order valence-corrected chi connectivity index (χ1v) is 7.60. The van der Waals surface area contributed by atoms with Gasteiger partial charge in [-0.25, -0.2) is 4.68 Å². The van der Waals surface area contributed by atoms with Crippen LogP contribution in [0.3, 0.4) is 0 Å². The summed E-state index contributed by atoms with van der Waals surface area (Å²) in [5.41, 5.74) is 0.711. The zero-order chi connectivity index (χ0) is 14.5. The molecule has 0 saturated heterocycles. The van der Waals surface area contributed by atoms with Gasteiger partial charge in [-0.2, -0.15) is 5.10 Å². The Kier molecular flexibility index (Phi) is 4.98. The van der Waals surface area contributed by atoms with Gasteiger partial charge in [0.05, 0.1) is 4.92 Å². The molecular formula is C14H24N4O2. The SMILES string of the molecule is CCc1nn(C)c(NC2CCCCCCC2)c1[N+](=O)[O-]. The first kappa shape index (κ1) is 14.8. The number of nitrogens with one attached hydrogen (secondary N) is 1. The first-order chi connectivity index (χ1) is 9.63. The van der Waals surface area contributed by atoms with E-state index >= 15 is 0 Å². The predicted octanol–water partition coefficient (Wildman–Crippen LogP) is 3.42. The van der Waals surface area contributed by atoms with Crippen molar-refractivity contribution in [2.24, 2.45) is 7.05 Å². The molecular weight excluding hydrogens is 256 g/mol. The van der Waals surface area contributed by atoms with Crippen LogP contribution in [0.5, 0.6) is 0 Å². The zero-order valence-corrected chi connectivity index (χ0v) is 12.4. The van der Waals surface area contributed by atoms with E-state index < -0.39 is 0 Å². The van der Waals surface area contributed by atoms with Crippen molar-refractivity contribution in [2.75, 3.05) is 5.32 Å². The summed E-state index contributed by atoms with van der Waals surface area (Å²) in [6.07, 6.45) is 9.01. The Morgan fingerprint density at radius 2 is 1.90 bits per heavy atom. The summed E-state index contributed by atoms with van der Waals surface area (Å²) in [5.74, 6) is 0.567. The molecule has 0 radical (unpaired) electrons. The maximum Gasteiger partial charge on any atom is 0.333 e. The van der Waals surface area contributed by atoms with Gasteiger partial charge in [-0.1, -0.05) is 39.0 Å². The third kappa shape index (κ3) is 3.29. The van der Waals surface area contributed by atoms with Crippen molar-refractivity contribution in [3.05, 3.63) is 15.8 Å². The lowest BCUT2D eigenvalue weighted by Crippen LogP contribution is -2.22. The molecule has 6 heteroatoms. The quantitative estimate of drug-likeness (QED) is 0.677. The molecule has 6 nitrogen and oxygen atoms in total. The number of nitrogens with zero attached hydrogens (tertiary/aromatic N) is 3. The third-order valence-electron chi connectivity index (χ3n) is 4.06. The highest BCUT2D eigenvalue weighted by atomic mass is 16.6. The number of nitro groups is 1. The van der Waals surface area contributed by atoms with Crippen molar-refractivity contribution in [1.29, 1.82) is 0 Å². The Morgan fingerprint density at radius 3 is 2.45 bits per heavy atom. The minimum Gasteiger partial charge on any atom is -0.362 e. The smallest absolute Gasteiger partial charge is 0.333 e. The molecule has 0 unspecified atom stereocenters. The van der Waals surface area contributed by atoms with Crippen LogP contribution < -0.4 is 5.32 Å². The second kappa shape index (κ2) is 6.72. The molecule has 1 saturated carbocycles. The molecule has 1 aromatic rings. The number of aryl methyl sites for hydroxylation is 2. The minimum absolute atomic E-state index is 0.150. The van der Waals surface area contributed by atoms with E-state index in [2.05, 4.69) is 10.4 Å². The lowest BCUT2D eigenvalue weighted by Gasteiger charge is -2.21. The fourth-order valence-corrected chi connectivity index (χ4v) is 2.95. The average Bonchev–Trinajstić information content (AvgIpc) is 2.69. The van der Waals surface area contributed by atoms with Crippen LogP contribution in [0.25, 0.3) is 0 Å². The molecule has 0 aromatic carbocycles. The Morgan fingerprint density at radius 1 is 1.30 bits per heavy atom. The van der Waals surface area contributed by atoms with Gasteiger partial charge < -0.3 is 5.32 Å². The Labute approximate surface area is 119 Å². The first-order valence-electron chi connectivity index (χ1n) is 7.60. The molecule has 0 spiro atoms. The van der Waals surface area contributed by atoms with Crippen LogP contribution >= 0.6 is 0 Å². The lowest BCUT2D eigenvalue weighted by molar-refractivity contribution is -0.384. The maximum absolute atomic E-state index is 11.3. The summed E-state index contributed by atoms with van der Waals surface area (Å²) < 4.78 is 1.62. The lowest BCUT2D eigenvalue weighted by atomic mass is 9.97. The van der Waals surface area contributed by atoms with Crippen molar-refractivity contribution in [1.82, 2.24) is 9.78 Å². The van der Waals surface area contributed by atoms with Crippen molar-refractivity contribution in [3.63, 3.8) is 0 Å². The fourth-order valence-electron chi connectivity index (χ4n) is 2.95. The number of hydrogen-bond acceptors (Lipinski definition) is 4. The molecule has 1 heterocycles. The highest BCUT2D eigenvalue weighted by Crippen LogP contribution is 2.30. The summed E-state index contributed by atoms with van der Waals surface area (Å²) in [4.78, 5) is 11.0. The van der Waals surface area contributed by atoms with Crippen LogP contribution in [-0.4, -0.2) is 20.7 Å². The van der Waals surface area contributed by atoms with E-state index in [0.29, 0.717) is 24.0 Å². The highest BCUT2D eigenvalue weighted by Gasteiger charge is 2.27. The van der Waals surface area contributed by atoms with Crippen molar-refractivity contribution < 1.29 is 4.92 Å². The van der Waals surface area contributed by atoms with Gasteiger partial charge in [-0.15, -0.1) is 0 Å². The second-order valence-electron chi connectivity index (χ2n) is 5.56. The van der Waals surface area contributed by atoms with E-state index in [4.69, 9.17) is 0 Å². The molecule has 1 N–H and O–H groups in total. The van der Waals surface area contributed by atoms with E-state index in [0.717, 1.165) is 12.8 Å². The average molecular weight is 280 g/mol. The van der Waals surface area contributed by atoms with E-state index in [1.807, 2.05) is 6.92 Å². The van der Waals surface area contributed by atoms with E-state index in [1.54, 1.807) is 11.7 Å². The predicted molar refractivity (Wildman–Crippen MR) is 79.0 cm³/mol. The Bertz CT molecular complexity index is 462. The normalized spacial score (nSPS) is 17.5. The van der Waals surface area contributed by atoms with E-state index in [9.17, 15) is 10.1 Å². The topological polar surface area (TPSA) is 73.0 Å². The van der Waals surface area contributed by atoms with Gasteiger partial charge in [0.25, 0.3) is 0 Å². The molecule has 20 heavy (non-hydrogen) atoms. The zero-order valence-electron chi connectivity index (χ0n) is 12.4. The molecule has 1 aromatic heterocycles. The minimum atomic E-state index is -0.308. The Hall–Kier alpha value is -1.59. The summed E-state index contributed by atoms with van der Waals surface area (Å²) in [6, 6.07) is 0.328. The van der Waals surface area contributed by atoms with E-state index in [1.165, 1.54) is 32.1 Å². The van der Waals surface area contributed by atoms with Crippen LogP contribution in [0.15, 0.2) is 0 Å². The Balaban J connectivity index is 2.18. The van der Waals surface area contributed by atoms with Crippen LogP contribution in [0.4, 0.5) is 11.5 Å². The highest BCUT2D eigenvalue weighted by molar-refractivity contribution is 5.60. The molecule has 1 fully saturated rings. The van der Waals surface area contributed by atoms with E-state index in [-0.39, 0.29) is 10.6 Å². The molecule has 0 bridgehead atoms. The van der Waals surface area contributed by atoms with Crippen LogP contribution in [0.1, 0.15) is 57.6 Å². The number of aromatic nitrogens is 2. The summed E-state index contributed by atoms with van der Waals surface area (Å²) >= 11 is 0. The molecule has 1 aliphatic carbocycles. The monoisotopic (exact) mass is 280 g/mol. The van der Waals surface area contributed by atoms with Gasteiger partial charge in [-0.3, -0.25) is 10.1 Å². The molecule has 1 aliphatic rings. The molecule has 112 valence electrons. The molecule has 0 aliphatic heterocycles. The van der Waals surface area contributed by atoms with Gasteiger partial charge in [0.15, 0.2) is 0 Å². The van der Waals surface area contributed by atoms with Gasteiger partial charge in [-0.05, 0) is 19.3 Å². The molecule has 2 rings (SSSR count). The van der Waals surface area contributed by atoms with Gasteiger partial charge in [0.2, 0.25) is 5.82 Å². The fraction of sp³-hybridized carbons (Fsp3) is 0.786. The number of anilines is 1. The summed E-state index contributed by atoms with van der Waals surface area (Å²) in [7, 11) is 1.78. The van der Waals surface area contributed by atoms with Crippen LogP contribution in [0, 0.1) is 10.1 Å². The summed E-state index contributed by atoms with van der Waals surface area (Å²) in [6.45, 7) is 1.90. The second-order valence-corrected chi connectivity index (χ2v) is 5.56. The standard InChI is InChI=1S/C14H24N4O2/c1-3-12-13(18(19)20)14(17(2)16-12)15-11-9-7-5-4-6-8-10-11/h11,15H,3-10H2,1-2H3. The third-order valence-corrected chi connectivity index (χ3v) is 4.06. The largest absolute Gasteiger partial charge is 0.362 e. The number of rotatable bonds is 4. The molecule has 0 atom stereocenters. The van der Waals surface area contributed by atoms with Crippen molar-refractivity contribution in [3.8, 4) is 0 Å². The number of hydrogen-bond donors (Lipinski definition) is 1. The summed E-state index contributed by atoms with van der Waals surface area (Å²) in [5, 5.41) is 18.9. The van der Waals surface area contributed by atoms with Gasteiger partial charge in [0, 0.05) is 13.1 Å². The van der Waals surface area contributed by atoms with Gasteiger partial charge in [0.1, 0.15) is 5.69 Å². The van der Waals surface area contributed by atoms with Crippen LogP contribution in [0.2, 0.25) is 0 Å². The van der Waals surface area contributed by atoms with Gasteiger partial charge >= 0.3 is 5.69 Å². The van der Waals surface area contributed by atoms with Crippen molar-refractivity contribution >= 4 is 11.5 Å². The maximum atomic E-state index is 11.3. The molecule has 0 amide bonds.